The number of rotatable bonds is 2. The van der Waals surface area contributed by atoms with E-state index in [2.05, 4.69) is 21.1 Å². The molecule has 1 N–H and O–H groups in total. The molecular weight excluding hydrogens is 286 g/mol. The van der Waals surface area contributed by atoms with Gasteiger partial charge in [0.05, 0.1) is 0 Å². The molecule has 2 aromatic rings. The first kappa shape index (κ1) is 11.9. The Hall–Kier alpha value is -1.62. The van der Waals surface area contributed by atoms with E-state index in [0.29, 0.717) is 11.5 Å². The lowest BCUT2D eigenvalue weighted by molar-refractivity contribution is 0.0696. The molecule has 2 rings (SSSR count). The quantitative estimate of drug-likeness (QED) is 0.922. The van der Waals surface area contributed by atoms with E-state index in [1.165, 1.54) is 0 Å². The van der Waals surface area contributed by atoms with Crippen LogP contribution in [0.15, 0.2) is 27.2 Å². The van der Waals surface area contributed by atoms with E-state index in [1.54, 1.807) is 6.92 Å². The van der Waals surface area contributed by atoms with Gasteiger partial charge in [-0.2, -0.15) is 0 Å². The maximum Gasteiger partial charge on any atom is 0.341 e. The number of carboxylic acid groups (broad SMARTS) is 1. The highest BCUT2D eigenvalue weighted by Crippen LogP contribution is 2.30. The van der Waals surface area contributed by atoms with Crippen LogP contribution in [0.5, 0.6) is 0 Å². The number of halogens is 1. The van der Waals surface area contributed by atoms with Gasteiger partial charge < -0.3 is 9.63 Å². The number of carbonyl (C=O) groups is 1. The summed E-state index contributed by atoms with van der Waals surface area (Å²) in [5.74, 6) is -0.718. The highest BCUT2D eigenvalue weighted by Gasteiger charge is 2.21. The highest BCUT2D eigenvalue weighted by molar-refractivity contribution is 9.10. The topological polar surface area (TPSA) is 63.3 Å². The SMILES string of the molecule is Cc1ccc(Br)cc1-c1noc(C)c1C(=O)O. The summed E-state index contributed by atoms with van der Waals surface area (Å²) in [5.41, 5.74) is 2.19. The Bertz CT molecular complexity index is 589. The fourth-order valence-electron chi connectivity index (χ4n) is 1.66. The smallest absolute Gasteiger partial charge is 0.341 e. The fourth-order valence-corrected chi connectivity index (χ4v) is 2.02. The van der Waals surface area contributed by atoms with E-state index >= 15 is 0 Å². The van der Waals surface area contributed by atoms with Crippen molar-refractivity contribution >= 4 is 21.9 Å². The second-order valence-corrected chi connectivity index (χ2v) is 4.64. The maximum absolute atomic E-state index is 11.2. The minimum Gasteiger partial charge on any atom is -0.477 e. The Morgan fingerprint density at radius 3 is 2.76 bits per heavy atom. The van der Waals surface area contributed by atoms with Crippen LogP contribution in [0.25, 0.3) is 11.3 Å². The number of hydrogen-bond donors (Lipinski definition) is 1. The Labute approximate surface area is 106 Å². The highest BCUT2D eigenvalue weighted by atomic mass is 79.9. The molecule has 5 heteroatoms. The van der Waals surface area contributed by atoms with E-state index in [9.17, 15) is 4.79 Å². The van der Waals surface area contributed by atoms with Crippen molar-refractivity contribution in [2.75, 3.05) is 0 Å². The van der Waals surface area contributed by atoms with Gasteiger partial charge in [0, 0.05) is 10.0 Å². The lowest BCUT2D eigenvalue weighted by atomic mass is 10.0. The lowest BCUT2D eigenvalue weighted by Gasteiger charge is -2.03. The van der Waals surface area contributed by atoms with Crippen LogP contribution in [0.1, 0.15) is 21.7 Å². The molecule has 88 valence electrons. The van der Waals surface area contributed by atoms with Crippen LogP contribution in [0.2, 0.25) is 0 Å². The van der Waals surface area contributed by atoms with Gasteiger partial charge in [-0.1, -0.05) is 27.2 Å². The number of aryl methyl sites for hydroxylation is 2. The molecule has 0 aliphatic carbocycles. The molecule has 1 heterocycles. The van der Waals surface area contributed by atoms with Gasteiger partial charge in [0.25, 0.3) is 0 Å². The van der Waals surface area contributed by atoms with Crippen molar-refractivity contribution in [3.63, 3.8) is 0 Å². The van der Waals surface area contributed by atoms with Crippen LogP contribution in [0.3, 0.4) is 0 Å². The zero-order chi connectivity index (χ0) is 12.6. The molecular formula is C12H10BrNO3. The van der Waals surface area contributed by atoms with Crippen LogP contribution in [0, 0.1) is 13.8 Å². The normalized spacial score (nSPS) is 10.5. The minimum absolute atomic E-state index is 0.117. The number of carboxylic acids is 1. The predicted molar refractivity (Wildman–Crippen MR) is 66.1 cm³/mol. The van der Waals surface area contributed by atoms with Gasteiger partial charge >= 0.3 is 5.97 Å². The van der Waals surface area contributed by atoms with Gasteiger partial charge in [-0.3, -0.25) is 0 Å². The van der Waals surface area contributed by atoms with E-state index in [1.807, 2.05) is 25.1 Å². The minimum atomic E-state index is -1.03. The summed E-state index contributed by atoms with van der Waals surface area (Å²) in [6.07, 6.45) is 0. The Balaban J connectivity index is 2.68. The maximum atomic E-state index is 11.2. The molecule has 1 aromatic heterocycles. The number of benzene rings is 1. The molecule has 17 heavy (non-hydrogen) atoms. The molecule has 0 saturated carbocycles. The lowest BCUT2D eigenvalue weighted by Crippen LogP contribution is -2.00. The zero-order valence-corrected chi connectivity index (χ0v) is 10.9. The van der Waals surface area contributed by atoms with Gasteiger partial charge in [0.15, 0.2) is 0 Å². The van der Waals surface area contributed by atoms with Gasteiger partial charge in [-0.25, -0.2) is 4.79 Å². The summed E-state index contributed by atoms with van der Waals surface area (Å²) in [7, 11) is 0. The first-order valence-electron chi connectivity index (χ1n) is 4.97. The molecule has 1 aromatic carbocycles. The van der Waals surface area contributed by atoms with Crippen molar-refractivity contribution in [1.29, 1.82) is 0 Å². The van der Waals surface area contributed by atoms with Crippen molar-refractivity contribution in [3.05, 3.63) is 39.6 Å². The Morgan fingerprint density at radius 1 is 1.41 bits per heavy atom. The summed E-state index contributed by atoms with van der Waals surface area (Å²) in [5, 5.41) is 13.0. The summed E-state index contributed by atoms with van der Waals surface area (Å²) in [4.78, 5) is 11.2. The number of hydrogen-bond acceptors (Lipinski definition) is 3. The molecule has 0 atom stereocenters. The fraction of sp³-hybridized carbons (Fsp3) is 0.167. The van der Waals surface area contributed by atoms with Crippen LogP contribution in [0.4, 0.5) is 0 Å². The second kappa shape index (κ2) is 4.33. The molecule has 0 bridgehead atoms. The third-order valence-corrected chi connectivity index (χ3v) is 3.02. The molecule has 0 amide bonds. The molecule has 0 saturated heterocycles. The van der Waals surface area contributed by atoms with E-state index in [4.69, 9.17) is 9.63 Å². The van der Waals surface area contributed by atoms with Crippen molar-refractivity contribution in [1.82, 2.24) is 5.16 Å². The zero-order valence-electron chi connectivity index (χ0n) is 9.32. The number of aromatic carboxylic acids is 1. The monoisotopic (exact) mass is 295 g/mol. The largest absolute Gasteiger partial charge is 0.477 e. The van der Waals surface area contributed by atoms with Gasteiger partial charge in [0.2, 0.25) is 0 Å². The van der Waals surface area contributed by atoms with Crippen molar-refractivity contribution in [2.45, 2.75) is 13.8 Å². The van der Waals surface area contributed by atoms with E-state index in [-0.39, 0.29) is 5.56 Å². The molecule has 0 aliphatic rings. The third-order valence-electron chi connectivity index (χ3n) is 2.53. The standard InChI is InChI=1S/C12H10BrNO3/c1-6-3-4-8(13)5-9(6)11-10(12(15)16)7(2)17-14-11/h3-5H,1-2H3,(H,15,16). The summed E-state index contributed by atoms with van der Waals surface area (Å²) >= 11 is 3.36. The molecule has 0 spiro atoms. The van der Waals surface area contributed by atoms with Gasteiger partial charge in [-0.05, 0) is 31.5 Å². The van der Waals surface area contributed by atoms with Crippen molar-refractivity contribution < 1.29 is 14.4 Å². The number of nitrogens with zero attached hydrogens (tertiary/aromatic N) is 1. The average Bonchev–Trinajstić information content (AvgIpc) is 2.64. The van der Waals surface area contributed by atoms with Crippen LogP contribution >= 0.6 is 15.9 Å². The van der Waals surface area contributed by atoms with Crippen LogP contribution in [-0.2, 0) is 0 Å². The molecule has 0 radical (unpaired) electrons. The van der Waals surface area contributed by atoms with Gasteiger partial charge in [0.1, 0.15) is 17.0 Å². The average molecular weight is 296 g/mol. The summed E-state index contributed by atoms with van der Waals surface area (Å²) < 4.78 is 5.83. The molecule has 0 aliphatic heterocycles. The van der Waals surface area contributed by atoms with Crippen LogP contribution < -0.4 is 0 Å². The first-order chi connectivity index (χ1) is 8.00. The second-order valence-electron chi connectivity index (χ2n) is 3.73. The Morgan fingerprint density at radius 2 is 2.12 bits per heavy atom. The van der Waals surface area contributed by atoms with Crippen molar-refractivity contribution in [2.24, 2.45) is 0 Å². The Kier molecular flexibility index (Phi) is 3.02. The van der Waals surface area contributed by atoms with Crippen LogP contribution in [-0.4, -0.2) is 16.2 Å². The first-order valence-corrected chi connectivity index (χ1v) is 5.76. The molecule has 0 unspecified atom stereocenters. The van der Waals surface area contributed by atoms with Crippen molar-refractivity contribution in [3.8, 4) is 11.3 Å². The molecule has 0 fully saturated rings. The van der Waals surface area contributed by atoms with E-state index < -0.39 is 5.97 Å². The van der Waals surface area contributed by atoms with Gasteiger partial charge in [-0.15, -0.1) is 0 Å². The predicted octanol–water partition coefficient (Wildman–Crippen LogP) is 3.42. The summed E-state index contributed by atoms with van der Waals surface area (Å²) in [6, 6.07) is 5.63. The number of aromatic nitrogens is 1. The third kappa shape index (κ3) is 2.10. The van der Waals surface area contributed by atoms with E-state index in [0.717, 1.165) is 15.6 Å². The molecule has 4 nitrogen and oxygen atoms in total. The summed E-state index contributed by atoms with van der Waals surface area (Å²) in [6.45, 7) is 3.49.